The predicted molar refractivity (Wildman–Crippen MR) is 139 cm³/mol. The third-order valence-electron chi connectivity index (χ3n) is 6.17. The number of imidazole rings is 1. The van der Waals surface area contributed by atoms with Gasteiger partial charge in [-0.15, -0.1) is 0 Å². The number of pyridine rings is 1. The Hall–Kier alpha value is -4.61. The summed E-state index contributed by atoms with van der Waals surface area (Å²) >= 11 is 6.10. The van der Waals surface area contributed by atoms with Crippen LogP contribution in [0.3, 0.4) is 0 Å². The smallest absolute Gasteiger partial charge is 0.271 e. The number of hydrogen-bond donors (Lipinski definition) is 1. The van der Waals surface area contributed by atoms with E-state index < -0.39 is 4.92 Å². The lowest BCUT2D eigenvalue weighted by molar-refractivity contribution is -0.384. The van der Waals surface area contributed by atoms with Gasteiger partial charge in [0, 0.05) is 29.1 Å². The summed E-state index contributed by atoms with van der Waals surface area (Å²) in [5, 5.41) is 25.6. The Kier molecular flexibility index (Phi) is 5.92. The van der Waals surface area contributed by atoms with Crippen LogP contribution in [-0.2, 0) is 6.42 Å². The molecule has 9 heteroatoms. The van der Waals surface area contributed by atoms with E-state index in [0.29, 0.717) is 39.9 Å². The van der Waals surface area contributed by atoms with Gasteiger partial charge in [0.15, 0.2) is 5.65 Å². The van der Waals surface area contributed by atoms with Gasteiger partial charge in [-0.2, -0.15) is 5.26 Å². The molecule has 0 radical (unpaired) electrons. The van der Waals surface area contributed by atoms with Gasteiger partial charge in [0.2, 0.25) is 0 Å². The predicted octanol–water partition coefficient (Wildman–Crippen LogP) is 6.57. The van der Waals surface area contributed by atoms with Crippen LogP contribution in [0.2, 0.25) is 5.02 Å². The van der Waals surface area contributed by atoms with E-state index in [0.717, 1.165) is 27.7 Å². The summed E-state index contributed by atoms with van der Waals surface area (Å²) in [5.74, 6) is 1.08. The van der Waals surface area contributed by atoms with Crippen molar-refractivity contribution >= 4 is 45.5 Å². The topological polar surface area (TPSA) is 105 Å². The number of nitro groups is 1. The molecule has 1 N–H and O–H groups in total. The summed E-state index contributed by atoms with van der Waals surface area (Å²) < 4.78 is 7.40. The van der Waals surface area contributed by atoms with Crippen molar-refractivity contribution in [1.82, 2.24) is 9.38 Å². The van der Waals surface area contributed by atoms with E-state index in [9.17, 15) is 15.4 Å². The number of benzene rings is 3. The maximum Gasteiger partial charge on any atom is 0.271 e. The number of hydrogen-bond acceptors (Lipinski definition) is 6. The zero-order valence-electron chi connectivity index (χ0n) is 19.4. The van der Waals surface area contributed by atoms with Gasteiger partial charge in [-0.3, -0.25) is 14.5 Å². The van der Waals surface area contributed by atoms with E-state index in [1.54, 1.807) is 6.07 Å². The molecule has 0 spiro atoms. The quantitative estimate of drug-likeness (QED) is 0.210. The average molecular weight is 498 g/mol. The molecule has 2 aromatic heterocycles. The molecule has 0 amide bonds. The highest BCUT2D eigenvalue weighted by Gasteiger charge is 2.23. The largest absolute Gasteiger partial charge is 0.495 e. The van der Waals surface area contributed by atoms with E-state index >= 15 is 0 Å². The normalized spacial score (nSPS) is 10.9. The second-order valence-electron chi connectivity index (χ2n) is 8.27. The van der Waals surface area contributed by atoms with E-state index in [-0.39, 0.29) is 5.69 Å². The van der Waals surface area contributed by atoms with E-state index in [1.165, 1.54) is 19.2 Å². The van der Waals surface area contributed by atoms with Gasteiger partial charge in [0.1, 0.15) is 17.6 Å². The van der Waals surface area contributed by atoms with Gasteiger partial charge < -0.3 is 10.1 Å². The molecule has 0 aliphatic rings. The molecule has 178 valence electrons. The van der Waals surface area contributed by atoms with Gasteiger partial charge in [-0.25, -0.2) is 4.98 Å². The van der Waals surface area contributed by atoms with Gasteiger partial charge in [0.05, 0.1) is 34.3 Å². The summed E-state index contributed by atoms with van der Waals surface area (Å²) in [6, 6.07) is 21.8. The first kappa shape index (κ1) is 23.1. The zero-order chi connectivity index (χ0) is 25.4. The second kappa shape index (κ2) is 9.21. The molecule has 0 atom stereocenters. The molecule has 8 nitrogen and oxygen atoms in total. The number of nitro benzene ring substituents is 1. The second-order valence-corrected chi connectivity index (χ2v) is 8.70. The van der Waals surface area contributed by atoms with Crippen LogP contribution in [-0.4, -0.2) is 21.4 Å². The number of nitriles is 1. The average Bonchev–Trinajstić information content (AvgIpc) is 3.26. The molecule has 0 unspecified atom stereocenters. The van der Waals surface area contributed by atoms with Crippen LogP contribution in [0.15, 0.2) is 66.7 Å². The number of rotatable bonds is 6. The number of halogens is 1. The fourth-order valence-electron chi connectivity index (χ4n) is 4.37. The summed E-state index contributed by atoms with van der Waals surface area (Å²) in [7, 11) is 1.51. The van der Waals surface area contributed by atoms with Crippen molar-refractivity contribution in [3.05, 3.63) is 104 Å². The number of ether oxygens (including phenoxy) is 1. The standard InChI is InChI=1S/C27H20ClN5O3/c1-16-20(13-17-7-9-18(28)10-8-17)26(31-23-14-19(33(34)35)11-12-25(23)36-2)32-24-6-4-3-5-22(24)30-27(32)21(16)15-29/h3-12,14,31H,13H2,1-2H3. The first-order valence-corrected chi connectivity index (χ1v) is 11.5. The number of non-ortho nitro benzene ring substituents is 1. The first-order chi connectivity index (χ1) is 17.4. The summed E-state index contributed by atoms with van der Waals surface area (Å²) in [5.41, 5.74) is 5.44. The molecule has 2 heterocycles. The molecule has 3 aromatic carbocycles. The molecule has 0 bridgehead atoms. The van der Waals surface area contributed by atoms with Crippen LogP contribution in [0.5, 0.6) is 5.75 Å². The fourth-order valence-corrected chi connectivity index (χ4v) is 4.50. The van der Waals surface area contributed by atoms with Crippen LogP contribution in [0.4, 0.5) is 17.2 Å². The van der Waals surface area contributed by atoms with Crippen LogP contribution in [0, 0.1) is 28.4 Å². The van der Waals surface area contributed by atoms with Gasteiger partial charge in [-0.1, -0.05) is 35.9 Å². The van der Waals surface area contributed by atoms with Crippen molar-refractivity contribution in [3.63, 3.8) is 0 Å². The molecule has 0 fully saturated rings. The minimum atomic E-state index is -0.453. The molecule has 0 aliphatic carbocycles. The first-order valence-electron chi connectivity index (χ1n) is 11.1. The third kappa shape index (κ3) is 3.96. The lowest BCUT2D eigenvalue weighted by Crippen LogP contribution is -2.09. The number of para-hydroxylation sites is 2. The van der Waals surface area contributed by atoms with Crippen molar-refractivity contribution in [2.45, 2.75) is 13.3 Å². The summed E-state index contributed by atoms with van der Waals surface area (Å²) in [6.45, 7) is 1.89. The van der Waals surface area contributed by atoms with Crippen molar-refractivity contribution in [1.29, 1.82) is 5.26 Å². The molecular formula is C27H20ClN5O3. The summed E-state index contributed by atoms with van der Waals surface area (Å²) in [6.07, 6.45) is 0.486. The highest BCUT2D eigenvalue weighted by atomic mass is 35.5. The van der Waals surface area contributed by atoms with Crippen molar-refractivity contribution in [2.75, 3.05) is 12.4 Å². The fraction of sp³-hybridized carbons (Fsp3) is 0.111. The number of nitrogens with zero attached hydrogens (tertiary/aromatic N) is 4. The highest BCUT2D eigenvalue weighted by Crippen LogP contribution is 2.37. The Morgan fingerprint density at radius 3 is 2.61 bits per heavy atom. The van der Waals surface area contributed by atoms with Crippen LogP contribution in [0.1, 0.15) is 22.3 Å². The van der Waals surface area contributed by atoms with E-state index in [2.05, 4.69) is 11.4 Å². The van der Waals surface area contributed by atoms with Crippen molar-refractivity contribution in [2.24, 2.45) is 0 Å². The minimum Gasteiger partial charge on any atom is -0.495 e. The van der Waals surface area contributed by atoms with Crippen LogP contribution >= 0.6 is 11.6 Å². The monoisotopic (exact) mass is 497 g/mol. The Morgan fingerprint density at radius 1 is 1.17 bits per heavy atom. The lowest BCUT2D eigenvalue weighted by Gasteiger charge is -2.20. The van der Waals surface area contributed by atoms with Gasteiger partial charge >= 0.3 is 0 Å². The molecular weight excluding hydrogens is 478 g/mol. The number of methoxy groups -OCH3 is 1. The Labute approximate surface area is 211 Å². The van der Waals surface area contributed by atoms with Crippen molar-refractivity contribution < 1.29 is 9.66 Å². The Bertz CT molecular complexity index is 1690. The molecule has 5 aromatic rings. The molecule has 36 heavy (non-hydrogen) atoms. The molecule has 0 saturated heterocycles. The lowest BCUT2D eigenvalue weighted by atomic mass is 9.97. The highest BCUT2D eigenvalue weighted by molar-refractivity contribution is 6.30. The van der Waals surface area contributed by atoms with Gasteiger partial charge in [-0.05, 0) is 48.4 Å². The van der Waals surface area contributed by atoms with Crippen molar-refractivity contribution in [3.8, 4) is 11.8 Å². The number of fused-ring (bicyclic) bond motifs is 3. The zero-order valence-corrected chi connectivity index (χ0v) is 20.2. The Balaban J connectivity index is 1.83. The third-order valence-corrected chi connectivity index (χ3v) is 6.43. The van der Waals surface area contributed by atoms with Crippen LogP contribution < -0.4 is 10.1 Å². The molecule has 5 rings (SSSR count). The number of aromatic nitrogens is 2. The summed E-state index contributed by atoms with van der Waals surface area (Å²) in [4.78, 5) is 15.8. The minimum absolute atomic E-state index is 0.0744. The maximum absolute atomic E-state index is 11.5. The molecule has 0 aliphatic heterocycles. The Morgan fingerprint density at radius 2 is 1.92 bits per heavy atom. The molecule has 0 saturated carbocycles. The maximum atomic E-state index is 11.5. The SMILES string of the molecule is COc1ccc([N+](=O)[O-])cc1Nc1c(Cc2ccc(Cl)cc2)c(C)c(C#N)c2nc3ccccc3n12. The van der Waals surface area contributed by atoms with E-state index in [1.807, 2.05) is 59.9 Å². The van der Waals surface area contributed by atoms with E-state index in [4.69, 9.17) is 21.3 Å². The van der Waals surface area contributed by atoms with Crippen LogP contribution in [0.25, 0.3) is 16.7 Å². The number of anilines is 2. The van der Waals surface area contributed by atoms with Gasteiger partial charge in [0.25, 0.3) is 5.69 Å². The number of nitrogens with one attached hydrogen (secondary N) is 1.